The van der Waals surface area contributed by atoms with Gasteiger partial charge in [0.25, 0.3) is 0 Å². The summed E-state index contributed by atoms with van der Waals surface area (Å²) in [5.74, 6) is -0.740. The van der Waals surface area contributed by atoms with Crippen LogP contribution >= 0.6 is 11.6 Å². The van der Waals surface area contributed by atoms with E-state index in [9.17, 15) is 19.2 Å². The van der Waals surface area contributed by atoms with Gasteiger partial charge in [-0.1, -0.05) is 13.8 Å². The van der Waals surface area contributed by atoms with Gasteiger partial charge in [-0.3, -0.25) is 19.2 Å². The third-order valence-corrected chi connectivity index (χ3v) is 2.15. The maximum atomic E-state index is 11.0. The molecular weight excluding hydrogens is 348 g/mol. The minimum Gasteiger partial charge on any atom is -0.460 e. The molecule has 0 aromatic rings. The van der Waals surface area contributed by atoms with E-state index in [0.29, 0.717) is 12.8 Å². The highest BCUT2D eigenvalue weighted by molar-refractivity contribution is 6.63. The van der Waals surface area contributed by atoms with Gasteiger partial charge >= 0.3 is 11.9 Å². The van der Waals surface area contributed by atoms with E-state index in [-0.39, 0.29) is 29.0 Å². The zero-order chi connectivity index (χ0) is 20.8. The molecule has 0 amide bonds. The smallest absolute Gasteiger partial charge is 0.313 e. The lowest BCUT2D eigenvalue weighted by molar-refractivity contribution is -0.156. The fourth-order valence-electron chi connectivity index (χ4n) is 1.09. The first-order valence-electron chi connectivity index (χ1n) is 8.15. The Morgan fingerprint density at radius 2 is 1.16 bits per heavy atom. The molecule has 0 atom stereocenters. The molecule has 0 unspecified atom stereocenters. The van der Waals surface area contributed by atoms with Gasteiger partial charge < -0.3 is 9.47 Å². The van der Waals surface area contributed by atoms with Crippen LogP contribution < -0.4 is 0 Å². The van der Waals surface area contributed by atoms with E-state index in [2.05, 4.69) is 0 Å². The van der Waals surface area contributed by atoms with E-state index >= 15 is 0 Å². The number of halogens is 1. The molecule has 0 saturated heterocycles. The van der Waals surface area contributed by atoms with Crippen LogP contribution in [0.25, 0.3) is 0 Å². The molecule has 0 saturated carbocycles. The van der Waals surface area contributed by atoms with Gasteiger partial charge in [0.05, 0.1) is 0 Å². The number of esters is 2. The molecule has 0 aliphatic heterocycles. The van der Waals surface area contributed by atoms with Crippen molar-refractivity contribution in [3.8, 4) is 0 Å². The van der Waals surface area contributed by atoms with Crippen LogP contribution in [0.15, 0.2) is 0 Å². The maximum Gasteiger partial charge on any atom is 0.313 e. The van der Waals surface area contributed by atoms with Crippen LogP contribution in [0.3, 0.4) is 0 Å². The highest BCUT2D eigenvalue weighted by Gasteiger charge is 2.17. The van der Waals surface area contributed by atoms with Gasteiger partial charge in [-0.2, -0.15) is 0 Å². The first-order valence-corrected chi connectivity index (χ1v) is 8.53. The lowest BCUT2D eigenvalue weighted by Crippen LogP contribution is -2.25. The SMILES string of the molecule is CC(=O)OC(C)(C)C.CCC(=O)CC(=O)OC(C)(C)C.CCC(=O)Cl. The summed E-state index contributed by atoms with van der Waals surface area (Å²) in [5, 5.41) is -0.273. The van der Waals surface area contributed by atoms with Crippen molar-refractivity contribution in [2.45, 2.75) is 92.8 Å². The summed E-state index contributed by atoms with van der Waals surface area (Å²) in [6, 6.07) is 0. The Bertz CT molecular complexity index is 430. The monoisotopic (exact) mass is 380 g/mol. The normalized spacial score (nSPS) is 10.3. The van der Waals surface area contributed by atoms with Crippen LogP contribution in [0, 0.1) is 0 Å². The third-order valence-electron chi connectivity index (χ3n) is 1.88. The summed E-state index contributed by atoms with van der Waals surface area (Å²) in [6.07, 6.45) is 0.717. The van der Waals surface area contributed by atoms with Gasteiger partial charge in [0.15, 0.2) is 0 Å². The van der Waals surface area contributed by atoms with Gasteiger partial charge in [-0.25, -0.2) is 0 Å². The molecule has 6 nitrogen and oxygen atoms in total. The Kier molecular flexibility index (Phi) is 15.7. The lowest BCUT2D eigenvalue weighted by Gasteiger charge is -2.18. The molecule has 0 fully saturated rings. The third kappa shape index (κ3) is 34.8. The number of carbonyl (C=O) groups is 4. The van der Waals surface area contributed by atoms with Crippen molar-refractivity contribution in [1.82, 2.24) is 0 Å². The average Bonchev–Trinajstić information content (AvgIpc) is 2.34. The maximum absolute atomic E-state index is 11.0. The van der Waals surface area contributed by atoms with E-state index in [1.807, 2.05) is 20.8 Å². The number of Topliss-reactive ketones (excluding diaryl/α,β-unsaturated/α-hetero) is 1. The van der Waals surface area contributed by atoms with Crippen LogP contribution in [0.1, 0.15) is 81.6 Å². The van der Waals surface area contributed by atoms with Crippen molar-refractivity contribution in [2.24, 2.45) is 0 Å². The summed E-state index contributed by atoms with van der Waals surface area (Å²) in [6.45, 7) is 15.7. The van der Waals surface area contributed by atoms with Crippen LogP contribution in [0.5, 0.6) is 0 Å². The molecular formula is C18H33ClO6. The van der Waals surface area contributed by atoms with Crippen molar-refractivity contribution in [3.05, 3.63) is 0 Å². The second-order valence-electron chi connectivity index (χ2n) is 7.07. The molecule has 0 N–H and O–H groups in total. The van der Waals surface area contributed by atoms with Crippen LogP contribution in [0.4, 0.5) is 0 Å². The Morgan fingerprint density at radius 3 is 1.32 bits per heavy atom. The molecule has 0 heterocycles. The van der Waals surface area contributed by atoms with E-state index in [4.69, 9.17) is 21.1 Å². The van der Waals surface area contributed by atoms with E-state index in [0.717, 1.165) is 0 Å². The molecule has 0 aliphatic carbocycles. The van der Waals surface area contributed by atoms with Gasteiger partial charge in [0.1, 0.15) is 23.4 Å². The molecule has 0 aliphatic rings. The second-order valence-corrected chi connectivity index (χ2v) is 7.49. The zero-order valence-corrected chi connectivity index (χ0v) is 17.7. The number of hydrogen-bond acceptors (Lipinski definition) is 6. The summed E-state index contributed by atoms with van der Waals surface area (Å²) < 4.78 is 9.75. The van der Waals surface area contributed by atoms with Crippen molar-refractivity contribution in [2.75, 3.05) is 0 Å². The van der Waals surface area contributed by atoms with Crippen LogP contribution in [-0.4, -0.2) is 34.2 Å². The molecule has 0 aromatic carbocycles. The molecule has 7 heteroatoms. The topological polar surface area (TPSA) is 86.7 Å². The highest BCUT2D eigenvalue weighted by atomic mass is 35.5. The molecule has 0 aromatic heterocycles. The van der Waals surface area contributed by atoms with Crippen molar-refractivity contribution < 1.29 is 28.7 Å². The molecule has 0 spiro atoms. The van der Waals surface area contributed by atoms with Gasteiger partial charge in [0.2, 0.25) is 5.24 Å². The molecule has 0 bridgehead atoms. The fourth-order valence-corrected chi connectivity index (χ4v) is 1.09. The predicted octanol–water partition coefficient (Wildman–Crippen LogP) is 4.21. The largest absolute Gasteiger partial charge is 0.460 e. The second kappa shape index (κ2) is 13.8. The minimum absolute atomic E-state index is 0.0794. The quantitative estimate of drug-likeness (QED) is 0.412. The first kappa shape index (κ1) is 28.4. The van der Waals surface area contributed by atoms with E-state index in [1.54, 1.807) is 34.6 Å². The Balaban J connectivity index is -0.000000321. The van der Waals surface area contributed by atoms with Gasteiger partial charge in [-0.05, 0) is 53.1 Å². The summed E-state index contributed by atoms with van der Waals surface area (Å²) >= 11 is 4.82. The Morgan fingerprint density at radius 1 is 0.800 bits per heavy atom. The number of rotatable bonds is 4. The van der Waals surface area contributed by atoms with E-state index in [1.165, 1.54) is 6.92 Å². The van der Waals surface area contributed by atoms with Gasteiger partial charge in [-0.15, -0.1) is 0 Å². The molecule has 0 radical (unpaired) electrons. The van der Waals surface area contributed by atoms with Crippen LogP contribution in [0.2, 0.25) is 0 Å². The molecule has 148 valence electrons. The minimum atomic E-state index is -0.495. The average molecular weight is 381 g/mol. The summed E-state index contributed by atoms with van der Waals surface area (Å²) in [7, 11) is 0. The predicted molar refractivity (Wildman–Crippen MR) is 98.4 cm³/mol. The zero-order valence-electron chi connectivity index (χ0n) is 16.9. The Hall–Kier alpha value is -1.43. The number of ketones is 1. The van der Waals surface area contributed by atoms with E-state index < -0.39 is 11.6 Å². The Labute approximate surface area is 156 Å². The standard InChI is InChI=1S/C9H16O3.C6H12O2.C3H5ClO/c1-5-7(10)6-8(11)12-9(2,3)4;1-5(7)8-6(2,3)4;1-2-3(4)5/h5-6H2,1-4H3;1-4H3;2H2,1H3. The number of ether oxygens (including phenoxy) is 2. The van der Waals surface area contributed by atoms with Crippen molar-refractivity contribution in [3.63, 3.8) is 0 Å². The van der Waals surface area contributed by atoms with Crippen molar-refractivity contribution >= 4 is 34.6 Å². The first-order chi connectivity index (χ1) is 11.0. The highest BCUT2D eigenvalue weighted by Crippen LogP contribution is 2.08. The molecule has 25 heavy (non-hydrogen) atoms. The summed E-state index contributed by atoms with van der Waals surface area (Å²) in [5.41, 5.74) is -0.822. The number of carbonyl (C=O) groups excluding carboxylic acids is 4. The number of hydrogen-bond donors (Lipinski definition) is 0. The molecule has 0 rings (SSSR count). The summed E-state index contributed by atoms with van der Waals surface area (Å²) in [4.78, 5) is 41.6. The van der Waals surface area contributed by atoms with Gasteiger partial charge in [0, 0.05) is 19.8 Å². The van der Waals surface area contributed by atoms with Crippen molar-refractivity contribution in [1.29, 1.82) is 0 Å². The van der Waals surface area contributed by atoms with Crippen LogP contribution in [-0.2, 0) is 28.7 Å². The fraction of sp³-hybridized carbons (Fsp3) is 0.778. The lowest BCUT2D eigenvalue weighted by atomic mass is 10.2.